The van der Waals surface area contributed by atoms with Gasteiger partial charge in [-0.2, -0.15) is 13.2 Å². The summed E-state index contributed by atoms with van der Waals surface area (Å²) in [6.45, 7) is 2.27. The summed E-state index contributed by atoms with van der Waals surface area (Å²) in [5.74, 6) is -0.584. The van der Waals surface area contributed by atoms with Gasteiger partial charge in [-0.1, -0.05) is 17.3 Å². The normalized spacial score (nSPS) is 11.9. The minimum Gasteiger partial charge on any atom is -0.489 e. The van der Waals surface area contributed by atoms with Gasteiger partial charge >= 0.3 is 12.1 Å². The average Bonchev–Trinajstić information content (AvgIpc) is 3.06. The molecule has 9 heteroatoms. The number of hydrogen-bond acceptors (Lipinski definition) is 4. The number of carboxylic acids is 1. The second-order valence-electron chi connectivity index (χ2n) is 6.43. The number of aromatic nitrogens is 1. The third-order valence-corrected chi connectivity index (χ3v) is 4.37. The van der Waals surface area contributed by atoms with E-state index < -0.39 is 24.3 Å². The van der Waals surface area contributed by atoms with E-state index in [9.17, 15) is 18.0 Å². The Morgan fingerprint density at radius 1 is 1.20 bits per heavy atom. The summed E-state index contributed by atoms with van der Waals surface area (Å²) < 4.78 is 45.7. The van der Waals surface area contributed by atoms with Crippen molar-refractivity contribution in [3.05, 3.63) is 65.4 Å². The Labute approximate surface area is 170 Å². The van der Waals surface area contributed by atoms with Gasteiger partial charge in [-0.05, 0) is 42.8 Å². The minimum absolute atomic E-state index is 0.114. The first kappa shape index (κ1) is 21.2. The molecule has 0 saturated carbocycles. The standard InChI is InChI=1S/C21H19F3N2O4/c1-2-26-11-15(10-25-30-13-20(27)28)18-9-17(7-8-19(18)26)29-12-14-3-5-16(6-4-14)21(22,23)24/h3-11H,2,12-13H2,1H3,(H,27,28). The third kappa shape index (κ3) is 5.11. The van der Waals surface area contributed by atoms with Gasteiger partial charge in [-0.15, -0.1) is 0 Å². The molecule has 0 aliphatic rings. The number of carbonyl (C=O) groups is 1. The fourth-order valence-corrected chi connectivity index (χ4v) is 2.90. The molecule has 0 amide bonds. The van der Waals surface area contributed by atoms with Crippen LogP contribution < -0.4 is 4.74 Å². The second-order valence-corrected chi connectivity index (χ2v) is 6.43. The van der Waals surface area contributed by atoms with Crippen molar-refractivity contribution < 1.29 is 32.6 Å². The molecular weight excluding hydrogens is 401 g/mol. The number of hydrogen-bond donors (Lipinski definition) is 1. The van der Waals surface area contributed by atoms with Gasteiger partial charge in [0.05, 0.1) is 11.8 Å². The van der Waals surface area contributed by atoms with Crippen LogP contribution in [0.5, 0.6) is 5.75 Å². The first-order valence-electron chi connectivity index (χ1n) is 9.07. The predicted molar refractivity (Wildman–Crippen MR) is 105 cm³/mol. The molecule has 0 radical (unpaired) electrons. The number of aliphatic carboxylic acids is 1. The molecule has 1 N–H and O–H groups in total. The molecular formula is C21H19F3N2O4. The highest BCUT2D eigenvalue weighted by molar-refractivity contribution is 5.99. The van der Waals surface area contributed by atoms with E-state index >= 15 is 0 Å². The molecule has 3 rings (SSSR count). The fourth-order valence-electron chi connectivity index (χ4n) is 2.90. The van der Waals surface area contributed by atoms with E-state index in [0.29, 0.717) is 17.9 Å². The van der Waals surface area contributed by atoms with Crippen molar-refractivity contribution in [1.82, 2.24) is 4.57 Å². The number of aryl methyl sites for hydroxylation is 1. The van der Waals surface area contributed by atoms with Crippen molar-refractivity contribution in [3.8, 4) is 5.75 Å². The smallest absolute Gasteiger partial charge is 0.416 e. The van der Waals surface area contributed by atoms with E-state index in [4.69, 9.17) is 14.7 Å². The molecule has 6 nitrogen and oxygen atoms in total. The number of rotatable bonds is 8. The molecule has 0 unspecified atom stereocenters. The van der Waals surface area contributed by atoms with Crippen LogP contribution in [0.3, 0.4) is 0 Å². The first-order valence-corrected chi connectivity index (χ1v) is 9.07. The molecule has 3 aromatic rings. The topological polar surface area (TPSA) is 73.1 Å². The Morgan fingerprint density at radius 3 is 2.57 bits per heavy atom. The highest BCUT2D eigenvalue weighted by atomic mass is 19.4. The van der Waals surface area contributed by atoms with E-state index in [1.54, 1.807) is 12.1 Å². The van der Waals surface area contributed by atoms with E-state index in [2.05, 4.69) is 5.16 Å². The van der Waals surface area contributed by atoms with Gasteiger partial charge in [0.15, 0.2) is 0 Å². The molecule has 0 aliphatic carbocycles. The molecule has 158 valence electrons. The molecule has 0 atom stereocenters. The number of carboxylic acid groups (broad SMARTS) is 1. The molecule has 0 aliphatic heterocycles. The number of oxime groups is 1. The summed E-state index contributed by atoms with van der Waals surface area (Å²) in [5.41, 5.74) is 1.55. The lowest BCUT2D eigenvalue weighted by Crippen LogP contribution is -2.05. The van der Waals surface area contributed by atoms with Crippen molar-refractivity contribution in [2.75, 3.05) is 6.61 Å². The molecule has 0 spiro atoms. The van der Waals surface area contributed by atoms with Gasteiger partial charge in [0.1, 0.15) is 12.4 Å². The van der Waals surface area contributed by atoms with E-state index in [-0.39, 0.29) is 6.61 Å². The molecule has 2 aromatic carbocycles. The average molecular weight is 420 g/mol. The Morgan fingerprint density at radius 2 is 1.93 bits per heavy atom. The van der Waals surface area contributed by atoms with E-state index in [1.165, 1.54) is 18.3 Å². The van der Waals surface area contributed by atoms with Crippen LogP contribution in [0.15, 0.2) is 53.8 Å². The van der Waals surface area contributed by atoms with Crippen molar-refractivity contribution in [2.24, 2.45) is 5.16 Å². The van der Waals surface area contributed by atoms with Gasteiger partial charge in [-0.3, -0.25) is 0 Å². The second kappa shape index (κ2) is 8.89. The monoisotopic (exact) mass is 420 g/mol. The number of alkyl halides is 3. The molecule has 0 saturated heterocycles. The zero-order chi connectivity index (χ0) is 21.7. The van der Waals surface area contributed by atoms with Crippen molar-refractivity contribution >= 4 is 23.1 Å². The molecule has 30 heavy (non-hydrogen) atoms. The SMILES string of the molecule is CCn1cc(C=NOCC(=O)O)c2cc(OCc3ccc(C(F)(F)F)cc3)ccc21. The quantitative estimate of drug-likeness (QED) is 0.424. The minimum atomic E-state index is -4.37. The Hall–Kier alpha value is -3.49. The van der Waals surface area contributed by atoms with Gasteiger partial charge in [-0.25, -0.2) is 4.79 Å². The van der Waals surface area contributed by atoms with Crippen LogP contribution in [0, 0.1) is 0 Å². The summed E-state index contributed by atoms with van der Waals surface area (Å²) in [4.78, 5) is 15.2. The van der Waals surface area contributed by atoms with Gasteiger partial charge in [0, 0.05) is 29.2 Å². The highest BCUT2D eigenvalue weighted by Gasteiger charge is 2.29. The maximum atomic E-state index is 12.7. The summed E-state index contributed by atoms with van der Waals surface area (Å²) in [6.07, 6.45) is -1.09. The summed E-state index contributed by atoms with van der Waals surface area (Å²) in [5, 5.41) is 13.1. The Kier molecular flexibility index (Phi) is 6.29. The number of fused-ring (bicyclic) bond motifs is 1. The van der Waals surface area contributed by atoms with Crippen LogP contribution in [0.25, 0.3) is 10.9 Å². The number of nitrogens with zero attached hydrogens (tertiary/aromatic N) is 2. The zero-order valence-electron chi connectivity index (χ0n) is 16.0. The highest BCUT2D eigenvalue weighted by Crippen LogP contribution is 2.30. The lowest BCUT2D eigenvalue weighted by Gasteiger charge is -2.09. The lowest BCUT2D eigenvalue weighted by molar-refractivity contribution is -0.142. The van der Waals surface area contributed by atoms with Gasteiger partial charge < -0.3 is 19.2 Å². The predicted octanol–water partition coefficient (Wildman–Crippen LogP) is 4.69. The molecule has 0 bridgehead atoms. The summed E-state index contributed by atoms with van der Waals surface area (Å²) in [7, 11) is 0. The lowest BCUT2D eigenvalue weighted by atomic mass is 10.1. The Bertz CT molecular complexity index is 1060. The van der Waals surface area contributed by atoms with Crippen molar-refractivity contribution in [1.29, 1.82) is 0 Å². The van der Waals surface area contributed by atoms with Crippen LogP contribution in [0.1, 0.15) is 23.6 Å². The zero-order valence-corrected chi connectivity index (χ0v) is 16.0. The van der Waals surface area contributed by atoms with E-state index in [1.807, 2.05) is 23.8 Å². The van der Waals surface area contributed by atoms with Crippen LogP contribution in [-0.4, -0.2) is 28.5 Å². The first-order chi connectivity index (χ1) is 14.3. The van der Waals surface area contributed by atoms with Crippen LogP contribution in [0.2, 0.25) is 0 Å². The van der Waals surface area contributed by atoms with E-state index in [0.717, 1.165) is 28.6 Å². The van der Waals surface area contributed by atoms with Crippen molar-refractivity contribution in [3.63, 3.8) is 0 Å². The van der Waals surface area contributed by atoms with Crippen LogP contribution in [-0.2, 0) is 29.0 Å². The Balaban J connectivity index is 1.76. The maximum Gasteiger partial charge on any atom is 0.416 e. The van der Waals surface area contributed by atoms with Gasteiger partial charge in [0.25, 0.3) is 0 Å². The number of ether oxygens (including phenoxy) is 1. The van der Waals surface area contributed by atoms with Crippen molar-refractivity contribution in [2.45, 2.75) is 26.3 Å². The summed E-state index contributed by atoms with van der Waals surface area (Å²) in [6, 6.07) is 10.3. The number of halogens is 3. The number of benzene rings is 2. The molecule has 0 fully saturated rings. The molecule has 1 aromatic heterocycles. The summed E-state index contributed by atoms with van der Waals surface area (Å²) >= 11 is 0. The largest absolute Gasteiger partial charge is 0.489 e. The van der Waals surface area contributed by atoms with Crippen LogP contribution in [0.4, 0.5) is 13.2 Å². The third-order valence-electron chi connectivity index (χ3n) is 4.37. The van der Waals surface area contributed by atoms with Gasteiger partial charge in [0.2, 0.25) is 6.61 Å². The maximum absolute atomic E-state index is 12.7. The fraction of sp³-hybridized carbons (Fsp3) is 0.238. The van der Waals surface area contributed by atoms with Crippen LogP contribution >= 0.6 is 0 Å². The molecule has 1 heterocycles.